The molecule has 0 aliphatic heterocycles. The minimum atomic E-state index is 0.290. The summed E-state index contributed by atoms with van der Waals surface area (Å²) in [6.45, 7) is 9.10. The zero-order valence-electron chi connectivity index (χ0n) is 12.0. The van der Waals surface area contributed by atoms with E-state index in [-0.39, 0.29) is 0 Å². The predicted octanol–water partition coefficient (Wildman–Crippen LogP) is 4.43. The summed E-state index contributed by atoms with van der Waals surface area (Å²) in [7, 11) is 2.05. The maximum absolute atomic E-state index is 3.39. The summed E-state index contributed by atoms with van der Waals surface area (Å²) in [6.07, 6.45) is 3.59. The summed E-state index contributed by atoms with van der Waals surface area (Å²) in [4.78, 5) is 0. The second-order valence-corrected chi connectivity index (χ2v) is 5.49. The van der Waals surface area contributed by atoms with E-state index in [2.05, 4.69) is 57.3 Å². The van der Waals surface area contributed by atoms with Gasteiger partial charge < -0.3 is 5.32 Å². The first-order valence-electron chi connectivity index (χ1n) is 6.82. The van der Waals surface area contributed by atoms with Crippen molar-refractivity contribution < 1.29 is 0 Å². The molecule has 1 aromatic carbocycles. The molecule has 0 aromatic heterocycles. The average molecular weight is 233 g/mol. The lowest BCUT2D eigenvalue weighted by Crippen LogP contribution is -2.18. The van der Waals surface area contributed by atoms with Crippen molar-refractivity contribution in [3.05, 3.63) is 35.4 Å². The lowest BCUT2D eigenvalue weighted by molar-refractivity contribution is 0.504. The van der Waals surface area contributed by atoms with Crippen molar-refractivity contribution in [2.45, 2.75) is 58.4 Å². The van der Waals surface area contributed by atoms with Crippen molar-refractivity contribution in [1.82, 2.24) is 5.32 Å². The molecule has 0 heterocycles. The van der Waals surface area contributed by atoms with Gasteiger partial charge >= 0.3 is 0 Å². The summed E-state index contributed by atoms with van der Waals surface area (Å²) in [5.74, 6) is 0. The van der Waals surface area contributed by atoms with E-state index in [4.69, 9.17) is 0 Å². The van der Waals surface area contributed by atoms with Crippen LogP contribution in [0, 0.1) is 0 Å². The van der Waals surface area contributed by atoms with E-state index in [1.54, 1.807) is 0 Å². The van der Waals surface area contributed by atoms with Crippen LogP contribution in [0.3, 0.4) is 0 Å². The van der Waals surface area contributed by atoms with Gasteiger partial charge in [0.25, 0.3) is 0 Å². The minimum Gasteiger partial charge on any atom is -0.313 e. The summed E-state index contributed by atoms with van der Waals surface area (Å²) in [5, 5.41) is 3.39. The zero-order chi connectivity index (χ0) is 12.9. The average Bonchev–Trinajstić information content (AvgIpc) is 2.36. The van der Waals surface area contributed by atoms with Gasteiger partial charge in [-0.15, -0.1) is 0 Å². The van der Waals surface area contributed by atoms with Gasteiger partial charge in [-0.1, -0.05) is 58.4 Å². The smallest absolute Gasteiger partial charge is 0.0317 e. The molecule has 1 unspecified atom stereocenters. The molecule has 0 saturated heterocycles. The molecule has 0 radical (unpaired) electrons. The highest BCUT2D eigenvalue weighted by molar-refractivity contribution is 5.29. The number of rotatable bonds is 6. The molecular weight excluding hydrogens is 206 g/mol. The van der Waals surface area contributed by atoms with Crippen molar-refractivity contribution in [2.24, 2.45) is 0 Å². The Kier molecular flexibility index (Phi) is 5.20. The highest BCUT2D eigenvalue weighted by Crippen LogP contribution is 2.28. The van der Waals surface area contributed by atoms with Gasteiger partial charge in [-0.3, -0.25) is 0 Å². The fraction of sp³-hybridized carbons (Fsp3) is 0.625. The highest BCUT2D eigenvalue weighted by Gasteiger charge is 2.18. The molecule has 1 atom stereocenters. The Morgan fingerprint density at radius 3 is 2.12 bits per heavy atom. The molecule has 1 N–H and O–H groups in total. The topological polar surface area (TPSA) is 12.0 Å². The third kappa shape index (κ3) is 3.57. The van der Waals surface area contributed by atoms with Crippen LogP contribution in [0.5, 0.6) is 0 Å². The third-order valence-electron chi connectivity index (χ3n) is 3.90. The van der Waals surface area contributed by atoms with E-state index in [1.807, 2.05) is 7.05 Å². The Bertz CT molecular complexity index is 324. The van der Waals surface area contributed by atoms with Crippen LogP contribution in [0.4, 0.5) is 0 Å². The summed E-state index contributed by atoms with van der Waals surface area (Å²) in [6, 6.07) is 9.64. The Labute approximate surface area is 107 Å². The predicted molar refractivity (Wildman–Crippen MR) is 76.5 cm³/mol. The first-order chi connectivity index (χ1) is 8.05. The van der Waals surface area contributed by atoms with Crippen LogP contribution >= 0.6 is 0 Å². The molecular formula is C16H27N. The SMILES string of the molecule is CCCC(NC)c1ccc(C(C)(C)CC)cc1. The van der Waals surface area contributed by atoms with Crippen LogP contribution < -0.4 is 5.32 Å². The molecule has 1 rings (SSSR count). The van der Waals surface area contributed by atoms with Crippen molar-refractivity contribution in [1.29, 1.82) is 0 Å². The lowest BCUT2D eigenvalue weighted by Gasteiger charge is -2.24. The molecule has 17 heavy (non-hydrogen) atoms. The van der Waals surface area contributed by atoms with Gasteiger partial charge in [0, 0.05) is 6.04 Å². The summed E-state index contributed by atoms with van der Waals surface area (Å²) in [5.41, 5.74) is 3.14. The molecule has 1 aromatic rings. The number of hydrogen-bond acceptors (Lipinski definition) is 1. The molecule has 1 heteroatoms. The van der Waals surface area contributed by atoms with Gasteiger partial charge in [0.05, 0.1) is 0 Å². The van der Waals surface area contributed by atoms with Crippen molar-refractivity contribution in [2.75, 3.05) is 7.05 Å². The van der Waals surface area contributed by atoms with Gasteiger partial charge in [0.15, 0.2) is 0 Å². The molecule has 0 saturated carbocycles. The van der Waals surface area contributed by atoms with Crippen LogP contribution in [-0.4, -0.2) is 7.05 Å². The van der Waals surface area contributed by atoms with Gasteiger partial charge in [-0.25, -0.2) is 0 Å². The van der Waals surface area contributed by atoms with Crippen molar-refractivity contribution in [3.8, 4) is 0 Å². The van der Waals surface area contributed by atoms with E-state index >= 15 is 0 Å². The van der Waals surface area contributed by atoms with Gasteiger partial charge in [0.2, 0.25) is 0 Å². The van der Waals surface area contributed by atoms with Crippen LogP contribution in [-0.2, 0) is 5.41 Å². The van der Waals surface area contributed by atoms with Gasteiger partial charge in [0.1, 0.15) is 0 Å². The number of benzene rings is 1. The van der Waals surface area contributed by atoms with Crippen molar-refractivity contribution in [3.63, 3.8) is 0 Å². The number of nitrogens with one attached hydrogen (secondary N) is 1. The summed E-state index contributed by atoms with van der Waals surface area (Å²) < 4.78 is 0. The van der Waals surface area contributed by atoms with Gasteiger partial charge in [-0.05, 0) is 36.4 Å². The van der Waals surface area contributed by atoms with Crippen LogP contribution in [0.2, 0.25) is 0 Å². The highest BCUT2D eigenvalue weighted by atomic mass is 14.9. The first kappa shape index (κ1) is 14.2. The molecule has 96 valence electrons. The van der Waals surface area contributed by atoms with Crippen LogP contribution in [0.15, 0.2) is 24.3 Å². The Morgan fingerprint density at radius 1 is 1.12 bits per heavy atom. The second kappa shape index (κ2) is 6.20. The normalized spacial score (nSPS) is 13.7. The van der Waals surface area contributed by atoms with Crippen molar-refractivity contribution >= 4 is 0 Å². The number of hydrogen-bond donors (Lipinski definition) is 1. The standard InChI is InChI=1S/C16H27N/c1-6-8-15(17-5)13-9-11-14(12-10-13)16(3,4)7-2/h9-12,15,17H,6-8H2,1-5H3. The van der Waals surface area contributed by atoms with Crippen LogP contribution in [0.1, 0.15) is 64.1 Å². The molecule has 0 amide bonds. The monoisotopic (exact) mass is 233 g/mol. The van der Waals surface area contributed by atoms with E-state index in [9.17, 15) is 0 Å². The Morgan fingerprint density at radius 2 is 1.71 bits per heavy atom. The quantitative estimate of drug-likeness (QED) is 0.766. The Balaban J connectivity index is 2.87. The molecule has 0 aliphatic carbocycles. The summed E-state index contributed by atoms with van der Waals surface area (Å²) >= 11 is 0. The Hall–Kier alpha value is -0.820. The first-order valence-corrected chi connectivity index (χ1v) is 6.82. The van der Waals surface area contributed by atoms with Crippen LogP contribution in [0.25, 0.3) is 0 Å². The van der Waals surface area contributed by atoms with E-state index in [0.29, 0.717) is 11.5 Å². The van der Waals surface area contributed by atoms with Gasteiger partial charge in [-0.2, -0.15) is 0 Å². The fourth-order valence-corrected chi connectivity index (χ4v) is 2.14. The third-order valence-corrected chi connectivity index (χ3v) is 3.90. The second-order valence-electron chi connectivity index (χ2n) is 5.49. The maximum atomic E-state index is 3.39. The van der Waals surface area contributed by atoms with E-state index < -0.39 is 0 Å². The maximum Gasteiger partial charge on any atom is 0.0317 e. The molecule has 0 spiro atoms. The molecule has 0 fully saturated rings. The van der Waals surface area contributed by atoms with E-state index in [1.165, 1.54) is 30.4 Å². The molecule has 0 bridgehead atoms. The fourth-order valence-electron chi connectivity index (χ4n) is 2.14. The minimum absolute atomic E-state index is 0.290. The molecule has 1 nitrogen and oxygen atoms in total. The van der Waals surface area contributed by atoms with E-state index in [0.717, 1.165) is 0 Å². The lowest BCUT2D eigenvalue weighted by atomic mass is 9.81. The largest absolute Gasteiger partial charge is 0.313 e. The molecule has 0 aliphatic rings. The zero-order valence-corrected chi connectivity index (χ0v) is 12.0.